The monoisotopic (exact) mass is 254 g/mol. The quantitative estimate of drug-likeness (QED) is 0.790. The van der Waals surface area contributed by atoms with Gasteiger partial charge in [-0.25, -0.2) is 0 Å². The Morgan fingerprint density at radius 2 is 2.06 bits per heavy atom. The van der Waals surface area contributed by atoms with E-state index in [9.17, 15) is 0 Å². The molecule has 0 aromatic heterocycles. The van der Waals surface area contributed by atoms with Crippen molar-refractivity contribution in [2.24, 2.45) is 5.92 Å². The van der Waals surface area contributed by atoms with E-state index in [4.69, 9.17) is 4.74 Å². The third-order valence-corrected chi connectivity index (χ3v) is 4.58. The summed E-state index contributed by atoms with van der Waals surface area (Å²) < 4.78 is 5.51. The minimum Gasteiger partial charge on any atom is -0.379 e. The molecule has 0 aromatic rings. The molecule has 1 saturated carbocycles. The highest BCUT2D eigenvalue weighted by atomic mass is 16.5. The molecule has 2 N–H and O–H groups in total. The topological polar surface area (TPSA) is 33.3 Å². The summed E-state index contributed by atoms with van der Waals surface area (Å²) in [6.07, 6.45) is 8.14. The fourth-order valence-corrected chi connectivity index (χ4v) is 3.41. The van der Waals surface area contributed by atoms with Crippen LogP contribution in [0, 0.1) is 5.92 Å². The fraction of sp³-hybridized carbons (Fsp3) is 1.00. The minimum atomic E-state index is 0.549. The van der Waals surface area contributed by atoms with Gasteiger partial charge in [0, 0.05) is 24.7 Å². The van der Waals surface area contributed by atoms with Gasteiger partial charge in [-0.2, -0.15) is 0 Å². The second-order valence-corrected chi connectivity index (χ2v) is 6.16. The first-order valence-electron chi connectivity index (χ1n) is 7.85. The van der Waals surface area contributed by atoms with Crippen molar-refractivity contribution in [2.45, 2.75) is 70.5 Å². The summed E-state index contributed by atoms with van der Waals surface area (Å²) in [7, 11) is 0. The van der Waals surface area contributed by atoms with Gasteiger partial charge in [0.1, 0.15) is 0 Å². The standard InChI is InChI=1S/C15H30N2O/c1-3-13-4-6-14(7-5-13)17-12(2)10-15-11-18-9-8-16-15/h12-17H,3-11H2,1-2H3. The summed E-state index contributed by atoms with van der Waals surface area (Å²) in [4.78, 5) is 0. The molecule has 1 heterocycles. The predicted molar refractivity (Wildman–Crippen MR) is 75.9 cm³/mol. The van der Waals surface area contributed by atoms with Crippen LogP contribution < -0.4 is 10.6 Å². The van der Waals surface area contributed by atoms with Gasteiger partial charge in [-0.1, -0.05) is 13.3 Å². The highest BCUT2D eigenvalue weighted by Gasteiger charge is 2.22. The van der Waals surface area contributed by atoms with Gasteiger partial charge in [-0.05, 0) is 44.9 Å². The molecule has 3 nitrogen and oxygen atoms in total. The van der Waals surface area contributed by atoms with Gasteiger partial charge in [0.15, 0.2) is 0 Å². The highest BCUT2D eigenvalue weighted by molar-refractivity contribution is 4.82. The number of morpholine rings is 1. The van der Waals surface area contributed by atoms with Crippen LogP contribution in [0.2, 0.25) is 0 Å². The van der Waals surface area contributed by atoms with Crippen LogP contribution in [-0.2, 0) is 4.74 Å². The predicted octanol–water partition coefficient (Wildman–Crippen LogP) is 2.31. The van der Waals surface area contributed by atoms with Gasteiger partial charge in [0.05, 0.1) is 13.2 Å². The zero-order valence-corrected chi connectivity index (χ0v) is 12.1. The molecule has 2 atom stereocenters. The van der Waals surface area contributed by atoms with E-state index in [1.807, 2.05) is 0 Å². The van der Waals surface area contributed by atoms with Crippen LogP contribution in [0.3, 0.4) is 0 Å². The van der Waals surface area contributed by atoms with Crippen molar-refractivity contribution in [2.75, 3.05) is 19.8 Å². The molecule has 1 aliphatic heterocycles. The van der Waals surface area contributed by atoms with Crippen LogP contribution >= 0.6 is 0 Å². The number of ether oxygens (including phenoxy) is 1. The molecule has 0 amide bonds. The molecule has 18 heavy (non-hydrogen) atoms. The molecule has 0 bridgehead atoms. The van der Waals surface area contributed by atoms with Gasteiger partial charge < -0.3 is 15.4 Å². The van der Waals surface area contributed by atoms with Crippen molar-refractivity contribution in [3.8, 4) is 0 Å². The molecule has 2 rings (SSSR count). The van der Waals surface area contributed by atoms with Crippen molar-refractivity contribution >= 4 is 0 Å². The van der Waals surface area contributed by atoms with Crippen LogP contribution in [-0.4, -0.2) is 37.9 Å². The van der Waals surface area contributed by atoms with E-state index in [1.165, 1.54) is 38.5 Å². The Hall–Kier alpha value is -0.120. The smallest absolute Gasteiger partial charge is 0.0620 e. The Balaban J connectivity index is 1.63. The molecule has 1 saturated heterocycles. The lowest BCUT2D eigenvalue weighted by atomic mass is 9.84. The van der Waals surface area contributed by atoms with E-state index >= 15 is 0 Å². The molecule has 0 aromatic carbocycles. The summed E-state index contributed by atoms with van der Waals surface area (Å²) in [5.41, 5.74) is 0. The maximum absolute atomic E-state index is 5.51. The Labute approximate surface area is 112 Å². The maximum atomic E-state index is 5.51. The van der Waals surface area contributed by atoms with E-state index in [0.717, 1.165) is 31.7 Å². The van der Waals surface area contributed by atoms with Crippen LogP contribution in [0.1, 0.15) is 52.4 Å². The number of hydrogen-bond donors (Lipinski definition) is 2. The van der Waals surface area contributed by atoms with E-state index in [2.05, 4.69) is 24.5 Å². The van der Waals surface area contributed by atoms with Gasteiger partial charge in [0.2, 0.25) is 0 Å². The van der Waals surface area contributed by atoms with E-state index in [-0.39, 0.29) is 0 Å². The molecule has 106 valence electrons. The second-order valence-electron chi connectivity index (χ2n) is 6.16. The summed E-state index contributed by atoms with van der Waals surface area (Å²) in [5.74, 6) is 0.992. The largest absolute Gasteiger partial charge is 0.379 e. The molecule has 0 radical (unpaired) electrons. The Morgan fingerprint density at radius 3 is 2.67 bits per heavy atom. The minimum absolute atomic E-state index is 0.549. The third-order valence-electron chi connectivity index (χ3n) is 4.58. The lowest BCUT2D eigenvalue weighted by Gasteiger charge is -2.33. The van der Waals surface area contributed by atoms with Gasteiger partial charge in [-0.15, -0.1) is 0 Å². The van der Waals surface area contributed by atoms with Crippen molar-refractivity contribution in [1.29, 1.82) is 0 Å². The van der Waals surface area contributed by atoms with Crippen molar-refractivity contribution < 1.29 is 4.74 Å². The SMILES string of the molecule is CCC1CCC(NC(C)CC2COCCN2)CC1. The zero-order valence-electron chi connectivity index (χ0n) is 12.1. The van der Waals surface area contributed by atoms with Crippen LogP contribution in [0.25, 0.3) is 0 Å². The molecule has 2 aliphatic rings. The lowest BCUT2D eigenvalue weighted by Crippen LogP contribution is -2.47. The molecule has 2 fully saturated rings. The second kappa shape index (κ2) is 7.46. The molecular weight excluding hydrogens is 224 g/mol. The first-order chi connectivity index (χ1) is 8.78. The Bertz CT molecular complexity index is 221. The Morgan fingerprint density at radius 1 is 1.28 bits per heavy atom. The fourth-order valence-electron chi connectivity index (χ4n) is 3.41. The molecule has 2 unspecified atom stereocenters. The van der Waals surface area contributed by atoms with Crippen LogP contribution in [0.5, 0.6) is 0 Å². The van der Waals surface area contributed by atoms with Gasteiger partial charge >= 0.3 is 0 Å². The molecule has 0 spiro atoms. The summed E-state index contributed by atoms with van der Waals surface area (Å²) in [5, 5.41) is 7.35. The van der Waals surface area contributed by atoms with E-state index < -0.39 is 0 Å². The van der Waals surface area contributed by atoms with Gasteiger partial charge in [0.25, 0.3) is 0 Å². The van der Waals surface area contributed by atoms with E-state index in [1.54, 1.807) is 0 Å². The summed E-state index contributed by atoms with van der Waals surface area (Å²) in [6, 6.07) is 1.91. The maximum Gasteiger partial charge on any atom is 0.0620 e. The molecule has 1 aliphatic carbocycles. The average molecular weight is 254 g/mol. The van der Waals surface area contributed by atoms with Crippen LogP contribution in [0.4, 0.5) is 0 Å². The van der Waals surface area contributed by atoms with E-state index in [0.29, 0.717) is 12.1 Å². The molecule has 3 heteroatoms. The first-order valence-corrected chi connectivity index (χ1v) is 7.85. The number of rotatable bonds is 5. The van der Waals surface area contributed by atoms with Gasteiger partial charge in [-0.3, -0.25) is 0 Å². The van der Waals surface area contributed by atoms with Crippen molar-refractivity contribution in [3.05, 3.63) is 0 Å². The zero-order chi connectivity index (χ0) is 12.8. The van der Waals surface area contributed by atoms with Crippen LogP contribution in [0.15, 0.2) is 0 Å². The van der Waals surface area contributed by atoms with Crippen molar-refractivity contribution in [1.82, 2.24) is 10.6 Å². The lowest BCUT2D eigenvalue weighted by molar-refractivity contribution is 0.0703. The Kier molecular flexibility index (Phi) is 5.93. The number of hydrogen-bond acceptors (Lipinski definition) is 3. The highest BCUT2D eigenvalue weighted by Crippen LogP contribution is 2.26. The third kappa shape index (κ3) is 4.52. The average Bonchev–Trinajstić information content (AvgIpc) is 2.40. The summed E-state index contributed by atoms with van der Waals surface area (Å²) in [6.45, 7) is 7.42. The normalized spacial score (nSPS) is 35.3. The van der Waals surface area contributed by atoms with Crippen molar-refractivity contribution in [3.63, 3.8) is 0 Å². The molecular formula is C15H30N2O. The summed E-state index contributed by atoms with van der Waals surface area (Å²) >= 11 is 0. The first kappa shape index (κ1) is 14.3. The number of nitrogens with one attached hydrogen (secondary N) is 2.